The number of nitrogens with one attached hydrogen (secondary N) is 1. The van der Waals surface area contributed by atoms with Crippen LogP contribution in [0.25, 0.3) is 0 Å². The Morgan fingerprint density at radius 3 is 2.92 bits per heavy atom. The highest BCUT2D eigenvalue weighted by Crippen LogP contribution is 2.22. The number of pyridine rings is 1. The average molecular weight is 325 g/mol. The van der Waals surface area contributed by atoms with Gasteiger partial charge in [0.05, 0.1) is 12.7 Å². The predicted molar refractivity (Wildman–Crippen MR) is 92.9 cm³/mol. The number of rotatable bonds is 6. The lowest BCUT2D eigenvalue weighted by Crippen LogP contribution is -2.35. The number of benzene rings is 1. The highest BCUT2D eigenvalue weighted by atomic mass is 16.5. The zero-order chi connectivity index (χ0) is 16.8. The van der Waals surface area contributed by atoms with Crippen molar-refractivity contribution in [3.63, 3.8) is 0 Å². The summed E-state index contributed by atoms with van der Waals surface area (Å²) in [5, 5.41) is 3.37. The van der Waals surface area contributed by atoms with Gasteiger partial charge in [0, 0.05) is 25.5 Å². The monoisotopic (exact) mass is 325 g/mol. The van der Waals surface area contributed by atoms with Crippen LogP contribution in [0.3, 0.4) is 0 Å². The lowest BCUT2D eigenvalue weighted by molar-refractivity contribution is 0.0715. The summed E-state index contributed by atoms with van der Waals surface area (Å²) in [5.74, 6) is 1.10. The number of ether oxygens (including phenoxy) is 1. The maximum absolute atomic E-state index is 13.1. The number of hydrogen-bond acceptors (Lipinski definition) is 4. The molecule has 1 aliphatic rings. The first-order valence-electron chi connectivity index (χ1n) is 8.30. The van der Waals surface area contributed by atoms with E-state index in [9.17, 15) is 4.79 Å². The van der Waals surface area contributed by atoms with Crippen LogP contribution in [0.4, 0.5) is 0 Å². The van der Waals surface area contributed by atoms with Crippen LogP contribution in [0.15, 0.2) is 48.8 Å². The lowest BCUT2D eigenvalue weighted by Gasteiger charge is -2.26. The number of carbonyl (C=O) groups is 1. The molecule has 0 saturated carbocycles. The van der Waals surface area contributed by atoms with Crippen LogP contribution in [0.2, 0.25) is 0 Å². The third-order valence-electron chi connectivity index (χ3n) is 4.36. The summed E-state index contributed by atoms with van der Waals surface area (Å²) in [4.78, 5) is 19.2. The Morgan fingerprint density at radius 2 is 2.21 bits per heavy atom. The van der Waals surface area contributed by atoms with Gasteiger partial charge in [0.25, 0.3) is 5.91 Å². The van der Waals surface area contributed by atoms with E-state index >= 15 is 0 Å². The molecule has 1 atom stereocenters. The van der Waals surface area contributed by atoms with Gasteiger partial charge >= 0.3 is 0 Å². The van der Waals surface area contributed by atoms with Gasteiger partial charge in [-0.25, -0.2) is 0 Å². The summed E-state index contributed by atoms with van der Waals surface area (Å²) >= 11 is 0. The Bertz CT molecular complexity index is 669. The van der Waals surface area contributed by atoms with Gasteiger partial charge < -0.3 is 15.0 Å². The largest absolute Gasteiger partial charge is 0.496 e. The molecule has 3 rings (SSSR count). The first-order valence-corrected chi connectivity index (χ1v) is 8.30. The quantitative estimate of drug-likeness (QED) is 0.886. The number of nitrogens with zero attached hydrogens (tertiary/aromatic N) is 2. The van der Waals surface area contributed by atoms with E-state index < -0.39 is 0 Å². The van der Waals surface area contributed by atoms with Gasteiger partial charge in [-0.15, -0.1) is 0 Å². The van der Waals surface area contributed by atoms with Gasteiger partial charge in [0.1, 0.15) is 5.75 Å². The fourth-order valence-electron chi connectivity index (χ4n) is 3.10. The van der Waals surface area contributed by atoms with Gasteiger partial charge in [-0.1, -0.05) is 18.2 Å². The summed E-state index contributed by atoms with van der Waals surface area (Å²) in [7, 11) is 1.60. The van der Waals surface area contributed by atoms with Crippen molar-refractivity contribution in [2.75, 3.05) is 26.7 Å². The second-order valence-electron chi connectivity index (χ2n) is 6.11. The van der Waals surface area contributed by atoms with Gasteiger partial charge in [0.2, 0.25) is 0 Å². The van der Waals surface area contributed by atoms with E-state index in [1.165, 1.54) is 0 Å². The van der Waals surface area contributed by atoms with Crippen LogP contribution >= 0.6 is 0 Å². The second-order valence-corrected chi connectivity index (χ2v) is 6.11. The smallest absolute Gasteiger partial charge is 0.257 e. The molecule has 0 radical (unpaired) electrons. The highest BCUT2D eigenvalue weighted by molar-refractivity contribution is 5.96. The molecule has 1 fully saturated rings. The molecule has 2 heterocycles. The average Bonchev–Trinajstić information content (AvgIpc) is 3.14. The highest BCUT2D eigenvalue weighted by Gasteiger charge is 2.24. The fourth-order valence-corrected chi connectivity index (χ4v) is 3.10. The molecular weight excluding hydrogens is 302 g/mol. The SMILES string of the molecule is COc1ccccc1C(=O)N(Cc1cccnc1)C[C@H]1CCNC1. The maximum atomic E-state index is 13.1. The molecule has 1 aliphatic heterocycles. The van der Waals surface area contributed by atoms with E-state index in [0.717, 1.165) is 31.6 Å². The number of para-hydroxylation sites is 1. The molecule has 1 aromatic carbocycles. The first kappa shape index (κ1) is 16.5. The first-order chi connectivity index (χ1) is 11.8. The topological polar surface area (TPSA) is 54.5 Å². The van der Waals surface area contributed by atoms with Gasteiger partial charge in [-0.2, -0.15) is 0 Å². The Labute approximate surface area is 142 Å². The van der Waals surface area contributed by atoms with Gasteiger partial charge in [-0.05, 0) is 49.2 Å². The molecule has 0 aliphatic carbocycles. The fraction of sp³-hybridized carbons (Fsp3) is 0.368. The predicted octanol–water partition coefficient (Wildman–Crippen LogP) is 2.34. The van der Waals surface area contributed by atoms with Crippen LogP contribution in [0, 0.1) is 5.92 Å². The van der Waals surface area contributed by atoms with E-state index in [1.807, 2.05) is 47.5 Å². The van der Waals surface area contributed by atoms with Crippen molar-refractivity contribution in [3.05, 3.63) is 59.9 Å². The van der Waals surface area contributed by atoms with Gasteiger partial charge in [-0.3, -0.25) is 9.78 Å². The maximum Gasteiger partial charge on any atom is 0.257 e. The molecule has 0 unspecified atom stereocenters. The van der Waals surface area contributed by atoms with Crippen LogP contribution in [-0.2, 0) is 6.54 Å². The number of amides is 1. The molecule has 126 valence electrons. The third-order valence-corrected chi connectivity index (χ3v) is 4.36. The van der Waals surface area contributed by atoms with E-state index in [-0.39, 0.29) is 5.91 Å². The summed E-state index contributed by atoms with van der Waals surface area (Å²) < 4.78 is 5.36. The zero-order valence-corrected chi connectivity index (χ0v) is 13.9. The number of carbonyl (C=O) groups excluding carboxylic acids is 1. The molecular formula is C19H23N3O2. The minimum Gasteiger partial charge on any atom is -0.496 e. The normalized spacial score (nSPS) is 16.8. The zero-order valence-electron chi connectivity index (χ0n) is 13.9. The molecule has 0 bridgehead atoms. The molecule has 1 amide bonds. The molecule has 5 heteroatoms. The van der Waals surface area contributed by atoms with E-state index in [2.05, 4.69) is 10.3 Å². The summed E-state index contributed by atoms with van der Waals surface area (Å²) in [6.45, 7) is 3.27. The third kappa shape index (κ3) is 3.92. The Kier molecular flexibility index (Phi) is 5.43. The van der Waals surface area contributed by atoms with Crippen LogP contribution in [0.1, 0.15) is 22.3 Å². The van der Waals surface area contributed by atoms with Crippen molar-refractivity contribution in [1.29, 1.82) is 0 Å². The minimum absolute atomic E-state index is 0.00297. The molecule has 5 nitrogen and oxygen atoms in total. The van der Waals surface area contributed by atoms with Crippen molar-refractivity contribution in [3.8, 4) is 5.75 Å². The molecule has 24 heavy (non-hydrogen) atoms. The van der Waals surface area contributed by atoms with Crippen molar-refractivity contribution in [1.82, 2.24) is 15.2 Å². The molecule has 1 N–H and O–H groups in total. The number of aromatic nitrogens is 1. The second kappa shape index (κ2) is 7.93. The van der Waals surface area contributed by atoms with Crippen molar-refractivity contribution >= 4 is 5.91 Å². The summed E-state index contributed by atoms with van der Waals surface area (Å²) in [6, 6.07) is 11.3. The minimum atomic E-state index is 0.00297. The van der Waals surface area contributed by atoms with Crippen molar-refractivity contribution < 1.29 is 9.53 Å². The Morgan fingerprint density at radius 1 is 1.33 bits per heavy atom. The van der Waals surface area contributed by atoms with E-state index in [0.29, 0.717) is 23.8 Å². The van der Waals surface area contributed by atoms with Crippen LogP contribution in [0.5, 0.6) is 5.75 Å². The van der Waals surface area contributed by atoms with E-state index in [4.69, 9.17) is 4.74 Å². The summed E-state index contributed by atoms with van der Waals surface area (Å²) in [5.41, 5.74) is 1.64. The Hall–Kier alpha value is -2.40. The van der Waals surface area contributed by atoms with Crippen LogP contribution < -0.4 is 10.1 Å². The number of methoxy groups -OCH3 is 1. The molecule has 2 aromatic rings. The lowest BCUT2D eigenvalue weighted by atomic mass is 10.1. The van der Waals surface area contributed by atoms with E-state index in [1.54, 1.807) is 13.3 Å². The summed E-state index contributed by atoms with van der Waals surface area (Å²) in [6.07, 6.45) is 4.66. The molecule has 0 spiro atoms. The van der Waals surface area contributed by atoms with Gasteiger partial charge in [0.15, 0.2) is 0 Å². The van der Waals surface area contributed by atoms with Crippen molar-refractivity contribution in [2.24, 2.45) is 5.92 Å². The molecule has 1 aromatic heterocycles. The number of hydrogen-bond donors (Lipinski definition) is 1. The van der Waals surface area contributed by atoms with Crippen molar-refractivity contribution in [2.45, 2.75) is 13.0 Å². The Balaban J connectivity index is 1.83. The molecule has 1 saturated heterocycles. The van der Waals surface area contributed by atoms with Crippen LogP contribution in [-0.4, -0.2) is 42.5 Å². The standard InChI is InChI=1S/C19H23N3O2/c1-24-18-7-3-2-6-17(18)19(23)22(14-16-8-10-21-12-16)13-15-5-4-9-20-11-15/h2-7,9,11,16,21H,8,10,12-14H2,1H3/t16-/m0/s1.